The molecule has 0 saturated heterocycles. The van der Waals surface area contributed by atoms with Crippen molar-refractivity contribution in [3.8, 4) is 5.75 Å². The van der Waals surface area contributed by atoms with Gasteiger partial charge < -0.3 is 15.8 Å². The van der Waals surface area contributed by atoms with Gasteiger partial charge in [0.25, 0.3) is 0 Å². The van der Waals surface area contributed by atoms with E-state index in [1.54, 1.807) is 6.20 Å². The molecule has 2 rings (SSSR count). The standard InChI is InChI=1S/C20H28N4O2/c1-19(2,3)10-17(25)26-16-8-7-13(9-14(16)20(4,5)6)24-15-11-22-12-23-18(15)21/h7-9,11-12,24H,10H2,1-6H3,(H2,21,22,23). The Labute approximate surface area is 155 Å². The summed E-state index contributed by atoms with van der Waals surface area (Å²) in [5, 5.41) is 3.21. The molecule has 1 aromatic carbocycles. The number of nitrogens with one attached hydrogen (secondary N) is 1. The summed E-state index contributed by atoms with van der Waals surface area (Å²) in [6.07, 6.45) is 3.38. The molecule has 0 atom stereocenters. The zero-order valence-corrected chi connectivity index (χ0v) is 16.4. The van der Waals surface area contributed by atoms with Gasteiger partial charge in [0.2, 0.25) is 0 Å². The number of hydrogen-bond acceptors (Lipinski definition) is 6. The molecule has 140 valence electrons. The van der Waals surface area contributed by atoms with E-state index in [0.717, 1.165) is 11.3 Å². The zero-order chi connectivity index (χ0) is 19.5. The molecule has 0 spiro atoms. The van der Waals surface area contributed by atoms with E-state index in [9.17, 15) is 4.79 Å². The van der Waals surface area contributed by atoms with Crippen molar-refractivity contribution in [2.45, 2.75) is 53.4 Å². The molecule has 1 aromatic heterocycles. The van der Waals surface area contributed by atoms with Crippen LogP contribution in [0, 0.1) is 5.41 Å². The van der Waals surface area contributed by atoms with Gasteiger partial charge in [0, 0.05) is 11.3 Å². The lowest BCUT2D eigenvalue weighted by molar-refractivity contribution is -0.136. The van der Waals surface area contributed by atoms with E-state index in [-0.39, 0.29) is 16.8 Å². The maximum Gasteiger partial charge on any atom is 0.311 e. The Hall–Kier alpha value is -2.63. The molecule has 0 aliphatic heterocycles. The van der Waals surface area contributed by atoms with Crippen LogP contribution < -0.4 is 15.8 Å². The van der Waals surface area contributed by atoms with E-state index >= 15 is 0 Å². The van der Waals surface area contributed by atoms with Crippen molar-refractivity contribution in [1.29, 1.82) is 0 Å². The van der Waals surface area contributed by atoms with Crippen molar-refractivity contribution in [1.82, 2.24) is 9.97 Å². The van der Waals surface area contributed by atoms with Gasteiger partial charge in [-0.2, -0.15) is 0 Å². The lowest BCUT2D eigenvalue weighted by atomic mass is 9.86. The van der Waals surface area contributed by atoms with Gasteiger partial charge in [0.1, 0.15) is 12.1 Å². The number of benzene rings is 1. The molecule has 0 unspecified atom stereocenters. The van der Waals surface area contributed by atoms with Gasteiger partial charge >= 0.3 is 5.97 Å². The third-order valence-corrected chi connectivity index (χ3v) is 3.71. The number of ether oxygens (including phenoxy) is 1. The highest BCUT2D eigenvalue weighted by Crippen LogP contribution is 2.35. The molecule has 0 aliphatic carbocycles. The van der Waals surface area contributed by atoms with Gasteiger partial charge in [-0.3, -0.25) is 4.79 Å². The number of rotatable bonds is 4. The van der Waals surface area contributed by atoms with E-state index in [0.29, 0.717) is 23.7 Å². The van der Waals surface area contributed by atoms with Crippen LogP contribution in [0.25, 0.3) is 0 Å². The fraction of sp³-hybridized carbons (Fsp3) is 0.450. The predicted octanol–water partition coefficient (Wildman–Crippen LogP) is 4.44. The fourth-order valence-corrected chi connectivity index (χ4v) is 2.47. The summed E-state index contributed by atoms with van der Waals surface area (Å²) in [6.45, 7) is 12.3. The number of anilines is 3. The van der Waals surface area contributed by atoms with Crippen LogP contribution in [0.5, 0.6) is 5.75 Å². The number of carbonyl (C=O) groups is 1. The van der Waals surface area contributed by atoms with Crippen LogP contribution in [-0.4, -0.2) is 15.9 Å². The van der Waals surface area contributed by atoms with Crippen molar-refractivity contribution in [2.24, 2.45) is 5.41 Å². The molecule has 0 fully saturated rings. The fourth-order valence-electron chi connectivity index (χ4n) is 2.47. The lowest BCUT2D eigenvalue weighted by Gasteiger charge is -2.24. The summed E-state index contributed by atoms with van der Waals surface area (Å²) in [6, 6.07) is 5.62. The van der Waals surface area contributed by atoms with Gasteiger partial charge in [0.05, 0.1) is 18.3 Å². The number of nitrogens with two attached hydrogens (primary N) is 1. The summed E-state index contributed by atoms with van der Waals surface area (Å²) in [4.78, 5) is 20.2. The minimum Gasteiger partial charge on any atom is -0.426 e. The Morgan fingerprint density at radius 1 is 1.19 bits per heavy atom. The smallest absolute Gasteiger partial charge is 0.311 e. The molecule has 0 radical (unpaired) electrons. The SMILES string of the molecule is CC(C)(C)CC(=O)Oc1ccc(Nc2cncnc2N)cc1C(C)(C)C. The Bertz CT molecular complexity index is 789. The van der Waals surface area contributed by atoms with Gasteiger partial charge in [-0.05, 0) is 29.0 Å². The normalized spacial score (nSPS) is 11.9. The van der Waals surface area contributed by atoms with Crippen LogP contribution >= 0.6 is 0 Å². The molecule has 0 aliphatic rings. The van der Waals surface area contributed by atoms with Crippen LogP contribution in [0.2, 0.25) is 0 Å². The van der Waals surface area contributed by atoms with Crippen molar-refractivity contribution < 1.29 is 9.53 Å². The summed E-state index contributed by atoms with van der Waals surface area (Å²) in [5.41, 5.74) is 7.93. The summed E-state index contributed by atoms with van der Waals surface area (Å²) in [7, 11) is 0. The minimum atomic E-state index is -0.232. The van der Waals surface area contributed by atoms with Gasteiger partial charge in [-0.25, -0.2) is 9.97 Å². The second kappa shape index (κ2) is 7.32. The van der Waals surface area contributed by atoms with Crippen LogP contribution in [0.3, 0.4) is 0 Å². The highest BCUT2D eigenvalue weighted by atomic mass is 16.5. The molecule has 2 aromatic rings. The largest absolute Gasteiger partial charge is 0.426 e. The van der Waals surface area contributed by atoms with E-state index in [4.69, 9.17) is 10.5 Å². The van der Waals surface area contributed by atoms with Gasteiger partial charge in [-0.1, -0.05) is 41.5 Å². The predicted molar refractivity (Wildman–Crippen MR) is 105 cm³/mol. The molecule has 0 bridgehead atoms. The Morgan fingerprint density at radius 2 is 1.88 bits per heavy atom. The van der Waals surface area contributed by atoms with Crippen molar-refractivity contribution in [3.63, 3.8) is 0 Å². The first kappa shape index (κ1) is 19.7. The monoisotopic (exact) mass is 356 g/mol. The summed E-state index contributed by atoms with van der Waals surface area (Å²) >= 11 is 0. The first-order valence-electron chi connectivity index (χ1n) is 8.63. The first-order valence-corrected chi connectivity index (χ1v) is 8.63. The van der Waals surface area contributed by atoms with Crippen molar-refractivity contribution >= 4 is 23.2 Å². The topological polar surface area (TPSA) is 90.1 Å². The van der Waals surface area contributed by atoms with Gasteiger partial charge in [-0.15, -0.1) is 0 Å². The molecule has 26 heavy (non-hydrogen) atoms. The molecule has 0 saturated carbocycles. The average molecular weight is 356 g/mol. The van der Waals surface area contributed by atoms with Crippen LogP contribution in [0.4, 0.5) is 17.2 Å². The highest BCUT2D eigenvalue weighted by molar-refractivity contribution is 5.75. The Morgan fingerprint density at radius 3 is 2.46 bits per heavy atom. The molecule has 6 heteroatoms. The van der Waals surface area contributed by atoms with Crippen LogP contribution in [-0.2, 0) is 10.2 Å². The third kappa shape index (κ3) is 5.44. The van der Waals surface area contributed by atoms with E-state index in [2.05, 4.69) is 36.1 Å². The summed E-state index contributed by atoms with van der Waals surface area (Å²) in [5.74, 6) is 0.719. The van der Waals surface area contributed by atoms with Gasteiger partial charge in [0.15, 0.2) is 5.82 Å². The molecule has 6 nitrogen and oxygen atoms in total. The Balaban J connectivity index is 2.30. The molecular formula is C20H28N4O2. The van der Waals surface area contributed by atoms with Crippen LogP contribution in [0.15, 0.2) is 30.7 Å². The average Bonchev–Trinajstić information content (AvgIpc) is 2.48. The molecule has 3 N–H and O–H groups in total. The minimum absolute atomic E-state index is 0.120. The maximum atomic E-state index is 12.3. The summed E-state index contributed by atoms with van der Waals surface area (Å²) < 4.78 is 5.66. The molecule has 1 heterocycles. The second-order valence-corrected chi connectivity index (χ2v) is 8.62. The quantitative estimate of drug-likeness (QED) is 0.622. The zero-order valence-electron chi connectivity index (χ0n) is 16.4. The second-order valence-electron chi connectivity index (χ2n) is 8.62. The number of esters is 1. The van der Waals surface area contributed by atoms with Crippen LogP contribution in [0.1, 0.15) is 53.5 Å². The highest BCUT2D eigenvalue weighted by Gasteiger charge is 2.23. The lowest BCUT2D eigenvalue weighted by Crippen LogP contribution is -2.20. The Kier molecular flexibility index (Phi) is 5.54. The van der Waals surface area contributed by atoms with E-state index in [1.165, 1.54) is 6.33 Å². The van der Waals surface area contributed by atoms with E-state index in [1.807, 2.05) is 39.0 Å². The number of nitrogen functional groups attached to an aromatic ring is 1. The molecule has 0 amide bonds. The van der Waals surface area contributed by atoms with E-state index < -0.39 is 0 Å². The molecular weight excluding hydrogens is 328 g/mol. The number of nitrogens with zero attached hydrogens (tertiary/aromatic N) is 2. The maximum absolute atomic E-state index is 12.3. The van der Waals surface area contributed by atoms with Crippen molar-refractivity contribution in [3.05, 3.63) is 36.3 Å². The number of aromatic nitrogens is 2. The number of hydrogen-bond donors (Lipinski definition) is 2. The van der Waals surface area contributed by atoms with Crippen molar-refractivity contribution in [2.75, 3.05) is 11.1 Å². The third-order valence-electron chi connectivity index (χ3n) is 3.71. The number of carbonyl (C=O) groups excluding carboxylic acids is 1. The first-order chi connectivity index (χ1) is 12.0.